The number of anilines is 3. The SMILES string of the molecule is c1ccc(N2c3ccccc3[Si](c3ccccc3)(c3ccccc3)c3ccc4c(c32)c2ccc(Oc3ccc5c6ccccc6n6ccnc6c5c3)cc2n4-c2ccccn2)cc1. The van der Waals surface area contributed by atoms with Crippen LogP contribution in [0.2, 0.25) is 0 Å². The molecule has 296 valence electrons. The summed E-state index contributed by atoms with van der Waals surface area (Å²) in [4.78, 5) is 12.3. The van der Waals surface area contributed by atoms with Crippen molar-refractivity contribution in [2.24, 2.45) is 0 Å². The predicted octanol–water partition coefficient (Wildman–Crippen LogP) is 11.1. The second-order valence-electron chi connectivity index (χ2n) is 16.2. The molecule has 1 aliphatic heterocycles. The number of para-hydroxylation sites is 3. The van der Waals surface area contributed by atoms with Gasteiger partial charge in [-0.1, -0.05) is 127 Å². The summed E-state index contributed by atoms with van der Waals surface area (Å²) in [6.07, 6.45) is 5.76. The lowest BCUT2D eigenvalue weighted by atomic mass is 10.1. The third-order valence-corrected chi connectivity index (χ3v) is 17.8. The van der Waals surface area contributed by atoms with E-state index in [0.717, 1.165) is 61.4 Å². The first-order chi connectivity index (χ1) is 31.3. The number of imidazole rings is 1. The van der Waals surface area contributed by atoms with E-state index in [-0.39, 0.29) is 0 Å². The van der Waals surface area contributed by atoms with Crippen LogP contribution in [0.3, 0.4) is 0 Å². The van der Waals surface area contributed by atoms with Gasteiger partial charge in [-0.25, -0.2) is 9.97 Å². The van der Waals surface area contributed by atoms with Gasteiger partial charge in [0, 0.05) is 57.6 Å². The van der Waals surface area contributed by atoms with Gasteiger partial charge in [-0.15, -0.1) is 0 Å². The zero-order valence-electron chi connectivity index (χ0n) is 34.0. The van der Waals surface area contributed by atoms with Crippen molar-refractivity contribution in [1.29, 1.82) is 0 Å². The standard InChI is InChI=1S/C56H37N5OSi/c1-4-16-38(17-5-1)60-48-24-12-13-25-51(48)63(41-18-6-2-7-19-41,42-20-8-3-9-21-42)52-32-31-49-54(55(52)60)45-30-28-40(37-50(45)61(49)53-26-14-15-33-57-53)62-39-27-29-43-44-22-10-11-23-47(44)59-35-34-58-56(59)46(43)36-39/h1-37H. The van der Waals surface area contributed by atoms with Crippen molar-refractivity contribution in [2.45, 2.75) is 0 Å². The van der Waals surface area contributed by atoms with Crippen LogP contribution in [0.5, 0.6) is 11.5 Å². The molecule has 6 nitrogen and oxygen atoms in total. The molecular weight excluding hydrogens is 787 g/mol. The van der Waals surface area contributed by atoms with Crippen molar-refractivity contribution >= 4 is 95.0 Å². The van der Waals surface area contributed by atoms with Crippen LogP contribution in [0, 0.1) is 0 Å². The van der Waals surface area contributed by atoms with Gasteiger partial charge in [0.05, 0.1) is 22.2 Å². The van der Waals surface area contributed by atoms with Gasteiger partial charge < -0.3 is 9.64 Å². The molecule has 1 aliphatic rings. The van der Waals surface area contributed by atoms with Crippen molar-refractivity contribution in [3.63, 3.8) is 0 Å². The van der Waals surface area contributed by atoms with Gasteiger partial charge in [0.1, 0.15) is 23.0 Å². The van der Waals surface area contributed by atoms with Crippen LogP contribution >= 0.6 is 0 Å². The number of pyridine rings is 2. The molecule has 13 rings (SSSR count). The molecule has 12 aromatic rings. The van der Waals surface area contributed by atoms with Gasteiger partial charge in [0.15, 0.2) is 8.07 Å². The minimum atomic E-state index is -2.94. The Morgan fingerprint density at radius 3 is 1.90 bits per heavy atom. The van der Waals surface area contributed by atoms with E-state index in [9.17, 15) is 0 Å². The highest BCUT2D eigenvalue weighted by molar-refractivity contribution is 7.21. The topological polar surface area (TPSA) is 47.6 Å². The zero-order valence-corrected chi connectivity index (χ0v) is 35.0. The normalized spacial score (nSPS) is 13.2. The molecule has 5 heterocycles. The number of fused-ring (bicyclic) bond motifs is 12. The highest BCUT2D eigenvalue weighted by atomic mass is 28.3. The first kappa shape index (κ1) is 35.5. The lowest BCUT2D eigenvalue weighted by Gasteiger charge is -2.45. The number of rotatable bonds is 6. The molecule has 0 radical (unpaired) electrons. The molecular formula is C56H37N5OSi. The largest absolute Gasteiger partial charge is 0.457 e. The maximum Gasteiger partial charge on any atom is 0.184 e. The van der Waals surface area contributed by atoms with E-state index in [1.807, 2.05) is 24.7 Å². The summed E-state index contributed by atoms with van der Waals surface area (Å²) >= 11 is 0. The summed E-state index contributed by atoms with van der Waals surface area (Å²) in [5, 5.41) is 11.0. The quantitative estimate of drug-likeness (QED) is 0.124. The average Bonchev–Trinajstić information content (AvgIpc) is 3.98. The number of aromatic nitrogens is 4. The Hall–Kier alpha value is -8.26. The first-order valence-electron chi connectivity index (χ1n) is 21.3. The van der Waals surface area contributed by atoms with Crippen molar-refractivity contribution in [3.05, 3.63) is 225 Å². The lowest BCUT2D eigenvalue weighted by molar-refractivity contribution is 0.484. The summed E-state index contributed by atoms with van der Waals surface area (Å²) in [6.45, 7) is 0. The lowest BCUT2D eigenvalue weighted by Crippen LogP contribution is -2.77. The molecule has 0 atom stereocenters. The fourth-order valence-corrected chi connectivity index (χ4v) is 15.5. The Morgan fingerprint density at radius 2 is 1.13 bits per heavy atom. The third-order valence-electron chi connectivity index (χ3n) is 12.9. The Morgan fingerprint density at radius 1 is 0.444 bits per heavy atom. The molecule has 0 fully saturated rings. The van der Waals surface area contributed by atoms with Crippen molar-refractivity contribution in [1.82, 2.24) is 18.9 Å². The van der Waals surface area contributed by atoms with Gasteiger partial charge in [-0.2, -0.15) is 0 Å². The summed E-state index contributed by atoms with van der Waals surface area (Å²) in [5.41, 5.74) is 7.60. The zero-order chi connectivity index (χ0) is 41.5. The maximum absolute atomic E-state index is 6.84. The second-order valence-corrected chi connectivity index (χ2v) is 19.9. The molecule has 0 unspecified atom stereocenters. The third kappa shape index (κ3) is 5.17. The van der Waals surface area contributed by atoms with Crippen molar-refractivity contribution in [3.8, 4) is 17.3 Å². The number of ether oxygens (including phenoxy) is 1. The molecule has 0 aliphatic carbocycles. The summed E-state index contributed by atoms with van der Waals surface area (Å²) in [6, 6.07) is 74.5. The van der Waals surface area contributed by atoms with Gasteiger partial charge in [-0.3, -0.25) is 8.97 Å². The molecule has 63 heavy (non-hydrogen) atoms. The van der Waals surface area contributed by atoms with Crippen LogP contribution in [-0.4, -0.2) is 27.0 Å². The molecule has 8 aromatic carbocycles. The molecule has 0 N–H and O–H groups in total. The fourth-order valence-electron chi connectivity index (χ4n) is 10.4. The summed E-state index contributed by atoms with van der Waals surface area (Å²) in [7, 11) is -2.94. The first-order valence-corrected chi connectivity index (χ1v) is 23.3. The average molecular weight is 824 g/mol. The molecule has 0 bridgehead atoms. The highest BCUT2D eigenvalue weighted by Crippen LogP contribution is 2.46. The van der Waals surface area contributed by atoms with Crippen molar-refractivity contribution in [2.75, 3.05) is 4.90 Å². The number of hydrogen-bond donors (Lipinski definition) is 0. The van der Waals surface area contributed by atoms with E-state index in [0.29, 0.717) is 0 Å². The summed E-state index contributed by atoms with van der Waals surface area (Å²) < 4.78 is 11.3. The Labute approximate surface area is 364 Å². The molecule has 0 saturated heterocycles. The van der Waals surface area contributed by atoms with Crippen LogP contribution in [0.25, 0.3) is 54.9 Å². The number of nitrogens with zero attached hydrogens (tertiary/aromatic N) is 5. The van der Waals surface area contributed by atoms with E-state index < -0.39 is 8.07 Å². The van der Waals surface area contributed by atoms with Gasteiger partial charge >= 0.3 is 0 Å². The predicted molar refractivity (Wildman–Crippen MR) is 261 cm³/mol. The minimum absolute atomic E-state index is 0.735. The molecule has 7 heteroatoms. The van der Waals surface area contributed by atoms with E-state index in [4.69, 9.17) is 14.7 Å². The van der Waals surface area contributed by atoms with Crippen LogP contribution in [-0.2, 0) is 0 Å². The smallest absolute Gasteiger partial charge is 0.184 e. The minimum Gasteiger partial charge on any atom is -0.457 e. The summed E-state index contributed by atoms with van der Waals surface area (Å²) in [5.74, 6) is 2.32. The maximum atomic E-state index is 6.84. The van der Waals surface area contributed by atoms with Gasteiger partial charge in [0.25, 0.3) is 0 Å². The van der Waals surface area contributed by atoms with Crippen molar-refractivity contribution < 1.29 is 4.74 Å². The molecule has 4 aromatic heterocycles. The Bertz CT molecular complexity index is 3680. The second kappa shape index (κ2) is 13.9. The molecule has 0 spiro atoms. The van der Waals surface area contributed by atoms with Crippen LogP contribution < -0.4 is 30.4 Å². The van der Waals surface area contributed by atoms with E-state index >= 15 is 0 Å². The van der Waals surface area contributed by atoms with Crippen LogP contribution in [0.1, 0.15) is 0 Å². The monoisotopic (exact) mass is 823 g/mol. The van der Waals surface area contributed by atoms with Gasteiger partial charge in [-0.05, 0) is 98.9 Å². The number of hydrogen-bond acceptors (Lipinski definition) is 4. The Balaban J connectivity index is 1.10. The highest BCUT2D eigenvalue weighted by Gasteiger charge is 2.49. The number of benzene rings is 8. The van der Waals surface area contributed by atoms with Gasteiger partial charge in [0.2, 0.25) is 0 Å². The molecule has 0 amide bonds. The Kier molecular flexibility index (Phi) is 7.82. The van der Waals surface area contributed by atoms with E-state index in [2.05, 4.69) is 214 Å². The molecule has 0 saturated carbocycles. The van der Waals surface area contributed by atoms with Crippen LogP contribution in [0.4, 0.5) is 17.1 Å². The van der Waals surface area contributed by atoms with E-state index in [1.165, 1.54) is 42.9 Å². The van der Waals surface area contributed by atoms with E-state index in [1.54, 1.807) is 0 Å². The fraction of sp³-hybridized carbons (Fsp3) is 0. The van der Waals surface area contributed by atoms with Crippen LogP contribution in [0.15, 0.2) is 225 Å².